The summed E-state index contributed by atoms with van der Waals surface area (Å²) in [7, 11) is 0. The number of ketones is 1. The van der Waals surface area contributed by atoms with Crippen LogP contribution < -0.4 is 0 Å². The first-order valence-electron chi connectivity index (χ1n) is 8.76. The molecule has 0 radical (unpaired) electrons. The molecule has 0 spiro atoms. The van der Waals surface area contributed by atoms with E-state index in [2.05, 4.69) is 4.98 Å². The lowest BCUT2D eigenvalue weighted by atomic mass is 10.0. The van der Waals surface area contributed by atoms with Crippen molar-refractivity contribution in [3.05, 3.63) is 88.6 Å². The van der Waals surface area contributed by atoms with Gasteiger partial charge in [0.2, 0.25) is 0 Å². The van der Waals surface area contributed by atoms with E-state index in [0.717, 1.165) is 22.2 Å². The van der Waals surface area contributed by atoms with E-state index in [1.807, 2.05) is 47.2 Å². The van der Waals surface area contributed by atoms with Crippen molar-refractivity contribution in [3.8, 4) is 11.3 Å². The molecule has 0 saturated carbocycles. The summed E-state index contributed by atoms with van der Waals surface area (Å²) in [5.41, 5.74) is 1.97. The topological polar surface area (TPSA) is 34.4 Å². The summed E-state index contributed by atoms with van der Waals surface area (Å²) >= 11 is 1.44. The molecule has 2 aromatic carbocycles. The van der Waals surface area contributed by atoms with E-state index < -0.39 is 17.5 Å². The molecule has 0 aliphatic rings. The maximum absolute atomic E-state index is 13.2. The highest BCUT2D eigenvalue weighted by Gasteiger charge is 2.34. The van der Waals surface area contributed by atoms with Crippen LogP contribution in [0.4, 0.5) is 13.2 Å². The van der Waals surface area contributed by atoms with Crippen LogP contribution in [-0.4, -0.2) is 15.2 Å². The Morgan fingerprint density at radius 1 is 1.10 bits per heavy atom. The van der Waals surface area contributed by atoms with Crippen LogP contribution in [0.25, 0.3) is 22.3 Å². The molecule has 0 amide bonds. The number of halogens is 3. The number of carbonyl (C=O) groups excluding carboxylic acids is 1. The van der Waals surface area contributed by atoms with Gasteiger partial charge in [0.05, 0.1) is 17.0 Å². The molecular weight excluding hydrogens is 397 g/mol. The highest BCUT2D eigenvalue weighted by atomic mass is 32.1. The van der Waals surface area contributed by atoms with Crippen molar-refractivity contribution < 1.29 is 18.0 Å². The number of alkyl halides is 3. The maximum Gasteiger partial charge on any atom is 0.417 e. The molecule has 2 heterocycles. The smallest absolute Gasteiger partial charge is 0.290 e. The molecule has 0 unspecified atom stereocenters. The lowest BCUT2D eigenvalue weighted by Crippen LogP contribution is -2.11. The molecule has 0 bridgehead atoms. The van der Waals surface area contributed by atoms with E-state index in [1.54, 1.807) is 0 Å². The fourth-order valence-corrected chi connectivity index (χ4v) is 3.80. The van der Waals surface area contributed by atoms with Gasteiger partial charge in [-0.05, 0) is 25.1 Å². The molecule has 2 aromatic heterocycles. The van der Waals surface area contributed by atoms with Crippen molar-refractivity contribution in [2.75, 3.05) is 0 Å². The van der Waals surface area contributed by atoms with E-state index >= 15 is 0 Å². The lowest BCUT2D eigenvalue weighted by molar-refractivity contribution is -0.137. The van der Waals surface area contributed by atoms with Crippen molar-refractivity contribution in [2.24, 2.45) is 0 Å². The molecule has 3 nitrogen and oxygen atoms in total. The minimum absolute atomic E-state index is 0.376. The number of imidazole rings is 1. The lowest BCUT2D eigenvalue weighted by Gasteiger charge is -2.10. The zero-order valence-corrected chi connectivity index (χ0v) is 16.1. The molecule has 0 aliphatic heterocycles. The van der Waals surface area contributed by atoms with Crippen molar-refractivity contribution in [1.82, 2.24) is 9.38 Å². The van der Waals surface area contributed by atoms with Gasteiger partial charge in [0.15, 0.2) is 10.7 Å². The van der Waals surface area contributed by atoms with E-state index in [1.165, 1.54) is 41.7 Å². The minimum Gasteiger partial charge on any atom is -0.290 e. The Morgan fingerprint density at radius 2 is 1.83 bits per heavy atom. The van der Waals surface area contributed by atoms with Crippen molar-refractivity contribution >= 4 is 28.2 Å². The van der Waals surface area contributed by atoms with E-state index in [-0.39, 0.29) is 5.56 Å². The maximum atomic E-state index is 13.2. The number of thiazole rings is 1. The second kappa shape index (κ2) is 7.33. The highest BCUT2D eigenvalue weighted by Crippen LogP contribution is 2.33. The molecule has 0 aliphatic carbocycles. The van der Waals surface area contributed by atoms with Gasteiger partial charge < -0.3 is 0 Å². The monoisotopic (exact) mass is 412 g/mol. The van der Waals surface area contributed by atoms with E-state index in [0.29, 0.717) is 11.4 Å². The second-order valence-corrected chi connectivity index (χ2v) is 7.38. The van der Waals surface area contributed by atoms with Gasteiger partial charge in [-0.3, -0.25) is 9.20 Å². The average molecular weight is 412 g/mol. The number of aromatic nitrogens is 2. The van der Waals surface area contributed by atoms with E-state index in [4.69, 9.17) is 0 Å². The van der Waals surface area contributed by atoms with Gasteiger partial charge in [-0.25, -0.2) is 4.98 Å². The Kier molecular flexibility index (Phi) is 4.84. The summed E-state index contributed by atoms with van der Waals surface area (Å²) in [5.74, 6) is -0.710. The summed E-state index contributed by atoms with van der Waals surface area (Å²) in [6.07, 6.45) is -0.0797. The molecule has 4 rings (SSSR count). The zero-order valence-electron chi connectivity index (χ0n) is 15.3. The number of nitrogens with zero attached hydrogens (tertiary/aromatic N) is 2. The molecular formula is C22H15F3N2OS. The SMILES string of the molecule is Cc1ccc(-c2nc3sccn3c2/C=C/C(=O)c2ccccc2C(F)(F)F)cc1. The van der Waals surface area contributed by atoms with Crippen molar-refractivity contribution in [1.29, 1.82) is 0 Å². The third-order valence-corrected chi connectivity index (χ3v) is 5.27. The number of fused-ring (bicyclic) bond motifs is 1. The van der Waals surface area contributed by atoms with Gasteiger partial charge in [-0.15, -0.1) is 11.3 Å². The van der Waals surface area contributed by atoms with Crippen LogP contribution >= 0.6 is 11.3 Å². The summed E-state index contributed by atoms with van der Waals surface area (Å²) in [4.78, 5) is 17.9. The first-order valence-corrected chi connectivity index (χ1v) is 9.64. The number of carbonyl (C=O) groups is 1. The third kappa shape index (κ3) is 3.73. The Balaban J connectivity index is 1.76. The molecule has 0 N–H and O–H groups in total. The number of benzene rings is 2. The third-order valence-electron chi connectivity index (χ3n) is 4.51. The summed E-state index contributed by atoms with van der Waals surface area (Å²) in [6.45, 7) is 1.98. The van der Waals surface area contributed by atoms with Crippen LogP contribution in [0.5, 0.6) is 0 Å². The zero-order chi connectivity index (χ0) is 20.6. The van der Waals surface area contributed by atoms with Crippen LogP contribution in [0.2, 0.25) is 0 Å². The molecule has 146 valence electrons. The number of rotatable bonds is 4. The first-order chi connectivity index (χ1) is 13.8. The van der Waals surface area contributed by atoms with Gasteiger partial charge in [0, 0.05) is 22.7 Å². The fraction of sp³-hybridized carbons (Fsp3) is 0.0909. The van der Waals surface area contributed by atoms with Gasteiger partial charge in [-0.1, -0.05) is 48.0 Å². The quantitative estimate of drug-likeness (QED) is 0.292. The number of hydrogen-bond acceptors (Lipinski definition) is 3. The van der Waals surface area contributed by atoms with Gasteiger partial charge in [0.25, 0.3) is 0 Å². The average Bonchev–Trinajstić information content (AvgIpc) is 3.28. The standard InChI is InChI=1S/C22H15F3N2OS/c1-14-6-8-15(9-7-14)20-18(27-12-13-29-21(27)26-20)10-11-19(28)16-4-2-3-5-17(16)22(23,24)25/h2-13H,1H3/b11-10+. The van der Waals surface area contributed by atoms with Gasteiger partial charge in [0.1, 0.15) is 0 Å². The largest absolute Gasteiger partial charge is 0.417 e. The number of aryl methyl sites for hydroxylation is 1. The minimum atomic E-state index is -4.59. The predicted molar refractivity (Wildman–Crippen MR) is 108 cm³/mol. The second-order valence-electron chi connectivity index (χ2n) is 6.51. The van der Waals surface area contributed by atoms with Crippen LogP contribution in [0.15, 0.2) is 66.2 Å². The number of hydrogen-bond donors (Lipinski definition) is 0. The van der Waals surface area contributed by atoms with Crippen LogP contribution in [-0.2, 0) is 6.18 Å². The Labute approximate surface area is 168 Å². The molecule has 4 aromatic rings. The number of allylic oxidation sites excluding steroid dienone is 1. The van der Waals surface area contributed by atoms with Crippen molar-refractivity contribution in [3.63, 3.8) is 0 Å². The van der Waals surface area contributed by atoms with Crippen LogP contribution in [0.1, 0.15) is 27.2 Å². The highest BCUT2D eigenvalue weighted by molar-refractivity contribution is 7.15. The first kappa shape index (κ1) is 19.1. The summed E-state index contributed by atoms with van der Waals surface area (Å²) in [5, 5.41) is 1.86. The Bertz CT molecular complexity index is 1220. The summed E-state index contributed by atoms with van der Waals surface area (Å²) in [6, 6.07) is 12.6. The van der Waals surface area contributed by atoms with Crippen LogP contribution in [0.3, 0.4) is 0 Å². The van der Waals surface area contributed by atoms with Crippen LogP contribution in [0, 0.1) is 6.92 Å². The molecule has 7 heteroatoms. The Morgan fingerprint density at radius 3 is 2.55 bits per heavy atom. The van der Waals surface area contributed by atoms with Gasteiger partial charge >= 0.3 is 6.18 Å². The molecule has 0 saturated heterocycles. The molecule has 0 fully saturated rings. The normalized spacial score (nSPS) is 12.1. The fourth-order valence-electron chi connectivity index (χ4n) is 3.08. The summed E-state index contributed by atoms with van der Waals surface area (Å²) < 4.78 is 41.5. The molecule has 0 atom stereocenters. The van der Waals surface area contributed by atoms with Crippen molar-refractivity contribution in [2.45, 2.75) is 13.1 Å². The molecule has 29 heavy (non-hydrogen) atoms. The van der Waals surface area contributed by atoms with E-state index in [9.17, 15) is 18.0 Å². The predicted octanol–water partition coefficient (Wildman–Crippen LogP) is 6.29. The Hall–Kier alpha value is -3.19. The van der Waals surface area contributed by atoms with Gasteiger partial charge in [-0.2, -0.15) is 13.2 Å².